The molecular formula is C24H28FN3O3. The Hall–Kier alpha value is -3.27. The van der Waals surface area contributed by atoms with Crippen molar-refractivity contribution in [2.45, 2.75) is 39.2 Å². The highest BCUT2D eigenvalue weighted by Crippen LogP contribution is 2.33. The number of benzene rings is 2. The summed E-state index contributed by atoms with van der Waals surface area (Å²) >= 11 is 0. The number of carbonyl (C=O) groups is 1. The van der Waals surface area contributed by atoms with Crippen molar-refractivity contribution in [1.82, 2.24) is 4.90 Å². The quantitative estimate of drug-likeness (QED) is 0.524. The second kappa shape index (κ2) is 10.7. The van der Waals surface area contributed by atoms with Crippen molar-refractivity contribution in [3.8, 4) is 17.6 Å². The maximum Gasteiger partial charge on any atom is 0.324 e. The van der Waals surface area contributed by atoms with Gasteiger partial charge in [0.1, 0.15) is 5.82 Å². The van der Waals surface area contributed by atoms with Crippen LogP contribution in [0.25, 0.3) is 0 Å². The molecular weight excluding hydrogens is 397 g/mol. The van der Waals surface area contributed by atoms with Gasteiger partial charge in [-0.25, -0.2) is 9.18 Å². The minimum Gasteiger partial charge on any atom is -0.493 e. The first-order valence-electron chi connectivity index (χ1n) is 10.6. The van der Waals surface area contributed by atoms with Crippen LogP contribution in [0.15, 0.2) is 36.4 Å². The maximum atomic E-state index is 14.3. The van der Waals surface area contributed by atoms with E-state index in [9.17, 15) is 9.18 Å². The summed E-state index contributed by atoms with van der Waals surface area (Å²) in [6.45, 7) is 4.01. The number of unbranched alkanes of at least 4 members (excludes halogenated alkanes) is 2. The third kappa shape index (κ3) is 5.46. The third-order valence-corrected chi connectivity index (χ3v) is 5.32. The summed E-state index contributed by atoms with van der Waals surface area (Å²) in [6, 6.07) is 11.5. The van der Waals surface area contributed by atoms with Gasteiger partial charge in [-0.2, -0.15) is 5.26 Å². The molecule has 0 spiro atoms. The van der Waals surface area contributed by atoms with Gasteiger partial charge in [0.05, 0.1) is 31.9 Å². The predicted octanol–water partition coefficient (Wildman–Crippen LogP) is 5.11. The van der Waals surface area contributed by atoms with Crippen molar-refractivity contribution in [2.24, 2.45) is 0 Å². The predicted molar refractivity (Wildman–Crippen MR) is 117 cm³/mol. The fourth-order valence-electron chi connectivity index (χ4n) is 3.60. The van der Waals surface area contributed by atoms with Crippen LogP contribution in [-0.2, 0) is 6.54 Å². The minimum atomic E-state index is -0.476. The van der Waals surface area contributed by atoms with Crippen LogP contribution >= 0.6 is 0 Å². The van der Waals surface area contributed by atoms with Crippen molar-refractivity contribution < 1.29 is 18.7 Å². The summed E-state index contributed by atoms with van der Waals surface area (Å²) in [7, 11) is 1.59. The molecule has 1 heterocycles. The molecule has 2 amide bonds. The van der Waals surface area contributed by atoms with Gasteiger partial charge in [0, 0.05) is 30.4 Å². The van der Waals surface area contributed by atoms with Gasteiger partial charge in [0.2, 0.25) is 0 Å². The summed E-state index contributed by atoms with van der Waals surface area (Å²) in [6.07, 6.45) is 3.92. The van der Waals surface area contributed by atoms with Crippen LogP contribution in [-0.4, -0.2) is 37.7 Å². The molecule has 2 aromatic carbocycles. The number of methoxy groups -OCH3 is 1. The number of halogens is 1. The third-order valence-electron chi connectivity index (χ3n) is 5.32. The lowest BCUT2D eigenvalue weighted by molar-refractivity contribution is 0.191. The van der Waals surface area contributed by atoms with Crippen molar-refractivity contribution >= 4 is 11.7 Å². The average Bonchev–Trinajstić information content (AvgIpc) is 2.79. The molecule has 0 bridgehead atoms. The Bertz CT molecular complexity index is 958. The van der Waals surface area contributed by atoms with Crippen LogP contribution < -0.4 is 14.4 Å². The maximum absolute atomic E-state index is 14.3. The average molecular weight is 426 g/mol. The van der Waals surface area contributed by atoms with Gasteiger partial charge in [-0.1, -0.05) is 25.8 Å². The Morgan fingerprint density at radius 1 is 1.13 bits per heavy atom. The summed E-state index contributed by atoms with van der Waals surface area (Å²) in [5, 5.41) is 8.91. The van der Waals surface area contributed by atoms with Crippen LogP contribution in [0.2, 0.25) is 0 Å². The van der Waals surface area contributed by atoms with E-state index in [-0.39, 0.29) is 18.1 Å². The van der Waals surface area contributed by atoms with E-state index in [1.165, 1.54) is 6.07 Å². The fourth-order valence-corrected chi connectivity index (χ4v) is 3.60. The SMILES string of the molecule is CCCCCOc1cc(N2CCCN(Cc3ccc(C#N)cc3F)C2=O)ccc1OC. The lowest BCUT2D eigenvalue weighted by Crippen LogP contribution is -2.49. The molecule has 7 heteroatoms. The first kappa shape index (κ1) is 22.4. The second-order valence-corrected chi connectivity index (χ2v) is 7.52. The molecule has 6 nitrogen and oxygen atoms in total. The van der Waals surface area contributed by atoms with Gasteiger partial charge >= 0.3 is 6.03 Å². The Morgan fingerprint density at radius 3 is 2.68 bits per heavy atom. The van der Waals surface area contributed by atoms with Gasteiger partial charge < -0.3 is 14.4 Å². The number of nitrogens with zero attached hydrogens (tertiary/aromatic N) is 3. The zero-order valence-electron chi connectivity index (χ0n) is 18.1. The summed E-state index contributed by atoms with van der Waals surface area (Å²) in [4.78, 5) is 16.4. The van der Waals surface area contributed by atoms with E-state index in [0.29, 0.717) is 36.8 Å². The van der Waals surface area contributed by atoms with Crippen LogP contribution in [0.1, 0.15) is 43.7 Å². The zero-order valence-corrected chi connectivity index (χ0v) is 18.1. The van der Waals surface area contributed by atoms with E-state index < -0.39 is 5.82 Å². The van der Waals surface area contributed by atoms with Crippen molar-refractivity contribution in [3.05, 3.63) is 53.3 Å². The topological polar surface area (TPSA) is 65.8 Å². The van der Waals surface area contributed by atoms with E-state index >= 15 is 0 Å². The number of anilines is 1. The number of nitriles is 1. The standard InChI is InChI=1S/C24H28FN3O3/c1-3-4-5-13-31-23-15-20(9-10-22(23)30-2)28-12-6-11-27(24(28)29)17-19-8-7-18(16-26)14-21(19)25/h7-10,14-15H,3-6,11-13,17H2,1-2H3. The first-order chi connectivity index (χ1) is 15.1. The zero-order chi connectivity index (χ0) is 22.2. The van der Waals surface area contributed by atoms with Gasteiger partial charge in [0.15, 0.2) is 11.5 Å². The van der Waals surface area contributed by atoms with Gasteiger partial charge in [-0.05, 0) is 37.1 Å². The van der Waals surface area contributed by atoms with E-state index in [1.807, 2.05) is 18.2 Å². The molecule has 0 atom stereocenters. The van der Waals surface area contributed by atoms with Crippen LogP contribution in [0.4, 0.5) is 14.9 Å². The Kier molecular flexibility index (Phi) is 7.71. The van der Waals surface area contributed by atoms with Gasteiger partial charge in [0.25, 0.3) is 0 Å². The monoisotopic (exact) mass is 425 g/mol. The summed E-state index contributed by atoms with van der Waals surface area (Å²) in [5.74, 6) is 0.761. The Labute approximate surface area is 182 Å². The van der Waals surface area contributed by atoms with E-state index in [0.717, 1.165) is 31.4 Å². The number of carbonyl (C=O) groups excluding carboxylic acids is 1. The molecule has 1 fully saturated rings. The van der Waals surface area contributed by atoms with E-state index in [4.69, 9.17) is 14.7 Å². The molecule has 31 heavy (non-hydrogen) atoms. The van der Waals surface area contributed by atoms with Crippen LogP contribution in [0.3, 0.4) is 0 Å². The fraction of sp³-hybridized carbons (Fsp3) is 0.417. The molecule has 1 aliphatic heterocycles. The van der Waals surface area contributed by atoms with E-state index in [2.05, 4.69) is 6.92 Å². The molecule has 2 aromatic rings. The number of urea groups is 1. The molecule has 0 radical (unpaired) electrons. The van der Waals surface area contributed by atoms with Crippen LogP contribution in [0, 0.1) is 17.1 Å². The van der Waals surface area contributed by atoms with Gasteiger partial charge in [-0.15, -0.1) is 0 Å². The highest BCUT2D eigenvalue weighted by Gasteiger charge is 2.28. The lowest BCUT2D eigenvalue weighted by Gasteiger charge is -2.36. The van der Waals surface area contributed by atoms with Crippen LogP contribution in [0.5, 0.6) is 11.5 Å². The number of ether oxygens (including phenoxy) is 2. The Morgan fingerprint density at radius 2 is 1.97 bits per heavy atom. The highest BCUT2D eigenvalue weighted by atomic mass is 19.1. The van der Waals surface area contributed by atoms with Crippen molar-refractivity contribution in [1.29, 1.82) is 5.26 Å². The number of hydrogen-bond donors (Lipinski definition) is 0. The Balaban J connectivity index is 1.75. The summed E-state index contributed by atoms with van der Waals surface area (Å²) in [5.41, 5.74) is 1.38. The molecule has 0 N–H and O–H groups in total. The smallest absolute Gasteiger partial charge is 0.324 e. The van der Waals surface area contributed by atoms with Gasteiger partial charge in [-0.3, -0.25) is 4.90 Å². The number of amides is 2. The molecule has 0 saturated carbocycles. The number of rotatable bonds is 9. The molecule has 1 saturated heterocycles. The normalized spacial score (nSPS) is 13.8. The molecule has 0 aromatic heterocycles. The van der Waals surface area contributed by atoms with E-state index in [1.54, 1.807) is 35.1 Å². The number of hydrogen-bond acceptors (Lipinski definition) is 4. The molecule has 164 valence electrons. The summed E-state index contributed by atoms with van der Waals surface area (Å²) < 4.78 is 25.6. The largest absolute Gasteiger partial charge is 0.493 e. The minimum absolute atomic E-state index is 0.156. The highest BCUT2D eigenvalue weighted by molar-refractivity contribution is 5.93. The van der Waals surface area contributed by atoms with Crippen molar-refractivity contribution in [2.75, 3.05) is 31.7 Å². The molecule has 1 aliphatic rings. The first-order valence-corrected chi connectivity index (χ1v) is 10.6. The second-order valence-electron chi connectivity index (χ2n) is 7.52. The molecule has 3 rings (SSSR count). The molecule has 0 aliphatic carbocycles. The van der Waals surface area contributed by atoms with Crippen molar-refractivity contribution in [3.63, 3.8) is 0 Å². The molecule has 0 unspecified atom stereocenters. The lowest BCUT2D eigenvalue weighted by atomic mass is 10.1.